The lowest BCUT2D eigenvalue weighted by atomic mass is 9.95. The Morgan fingerprint density at radius 1 is 1.43 bits per heavy atom. The fourth-order valence-electron chi connectivity index (χ4n) is 2.17. The summed E-state index contributed by atoms with van der Waals surface area (Å²) in [5.41, 5.74) is 1.62. The zero-order valence-corrected chi connectivity index (χ0v) is 12.7. The summed E-state index contributed by atoms with van der Waals surface area (Å²) in [4.78, 5) is 23.9. The molecule has 0 aromatic heterocycles. The van der Waals surface area contributed by atoms with Crippen LogP contribution in [0.3, 0.4) is 0 Å². The Labute approximate surface area is 128 Å². The number of amides is 2. The van der Waals surface area contributed by atoms with E-state index < -0.39 is 12.0 Å². The summed E-state index contributed by atoms with van der Waals surface area (Å²) in [5, 5.41) is 5.87. The van der Waals surface area contributed by atoms with E-state index in [4.69, 9.17) is 16.3 Å². The minimum absolute atomic E-state index is 0.339. The van der Waals surface area contributed by atoms with Gasteiger partial charge in [-0.1, -0.05) is 30.7 Å². The molecule has 2 amide bonds. The number of esters is 1. The standard InChI is InChI=1S/C15H17ClN2O3/c1-3-7-21-14(19)12-9(2)17-15(20)18-13(12)10-5-4-6-11(16)8-10/h4-6,8,13H,3,7H2,1-2H3,(H2,17,18,20). The van der Waals surface area contributed by atoms with Gasteiger partial charge in [0.2, 0.25) is 0 Å². The van der Waals surface area contributed by atoms with E-state index in [0.717, 1.165) is 12.0 Å². The zero-order valence-electron chi connectivity index (χ0n) is 11.9. The van der Waals surface area contributed by atoms with Gasteiger partial charge in [-0.2, -0.15) is 0 Å². The van der Waals surface area contributed by atoms with Gasteiger partial charge in [0.15, 0.2) is 0 Å². The molecular formula is C15H17ClN2O3. The summed E-state index contributed by atoms with van der Waals surface area (Å²) in [5.74, 6) is -0.438. The second-order valence-corrected chi connectivity index (χ2v) is 5.20. The highest BCUT2D eigenvalue weighted by molar-refractivity contribution is 6.30. The van der Waals surface area contributed by atoms with E-state index in [1.807, 2.05) is 13.0 Å². The van der Waals surface area contributed by atoms with Gasteiger partial charge < -0.3 is 15.4 Å². The molecule has 0 bridgehead atoms. The van der Waals surface area contributed by atoms with Crippen LogP contribution >= 0.6 is 11.6 Å². The molecule has 0 aliphatic carbocycles. The summed E-state index contributed by atoms with van der Waals surface area (Å²) < 4.78 is 5.20. The third kappa shape index (κ3) is 3.55. The van der Waals surface area contributed by atoms with Crippen LogP contribution in [-0.4, -0.2) is 18.6 Å². The molecule has 2 rings (SSSR count). The molecule has 1 aliphatic rings. The molecule has 0 radical (unpaired) electrons. The summed E-state index contributed by atoms with van der Waals surface area (Å²) in [6, 6.07) is 6.11. The number of urea groups is 1. The second-order valence-electron chi connectivity index (χ2n) is 4.76. The Bertz CT molecular complexity index is 598. The SMILES string of the molecule is CCCOC(=O)C1=C(C)NC(=O)NC1c1cccc(Cl)c1. The van der Waals surface area contributed by atoms with Crippen molar-refractivity contribution >= 4 is 23.6 Å². The van der Waals surface area contributed by atoms with Gasteiger partial charge in [0.05, 0.1) is 18.2 Å². The summed E-state index contributed by atoms with van der Waals surface area (Å²) in [7, 11) is 0. The molecule has 0 fully saturated rings. The molecule has 1 unspecified atom stereocenters. The van der Waals surface area contributed by atoms with Crippen molar-refractivity contribution in [1.82, 2.24) is 10.6 Å². The van der Waals surface area contributed by atoms with Crippen LogP contribution in [0.2, 0.25) is 5.02 Å². The lowest BCUT2D eigenvalue weighted by Gasteiger charge is -2.28. The number of hydrogen-bond acceptors (Lipinski definition) is 3. The molecule has 1 aliphatic heterocycles. The maximum absolute atomic E-state index is 12.2. The van der Waals surface area contributed by atoms with Crippen LogP contribution in [0.4, 0.5) is 4.79 Å². The molecule has 112 valence electrons. The molecule has 1 aromatic carbocycles. The maximum atomic E-state index is 12.2. The first-order valence-electron chi connectivity index (χ1n) is 6.73. The van der Waals surface area contributed by atoms with Gasteiger partial charge >= 0.3 is 12.0 Å². The molecule has 1 heterocycles. The van der Waals surface area contributed by atoms with Crippen LogP contribution in [0, 0.1) is 0 Å². The number of nitrogens with one attached hydrogen (secondary N) is 2. The summed E-state index contributed by atoms with van der Waals surface area (Å²) in [6.45, 7) is 3.94. The first-order valence-corrected chi connectivity index (χ1v) is 7.11. The monoisotopic (exact) mass is 308 g/mol. The number of carbonyl (C=O) groups is 2. The predicted molar refractivity (Wildman–Crippen MR) is 79.8 cm³/mol. The minimum atomic E-state index is -0.568. The van der Waals surface area contributed by atoms with E-state index in [-0.39, 0.29) is 6.03 Å². The normalized spacial score (nSPS) is 18.0. The van der Waals surface area contributed by atoms with Crippen molar-refractivity contribution < 1.29 is 14.3 Å². The molecule has 0 saturated heterocycles. The number of hydrogen-bond donors (Lipinski definition) is 2. The van der Waals surface area contributed by atoms with Gasteiger partial charge in [-0.15, -0.1) is 0 Å². The highest BCUT2D eigenvalue weighted by Crippen LogP contribution is 2.28. The van der Waals surface area contributed by atoms with E-state index in [0.29, 0.717) is 22.9 Å². The maximum Gasteiger partial charge on any atom is 0.338 e. The van der Waals surface area contributed by atoms with Gasteiger partial charge in [0.25, 0.3) is 0 Å². The van der Waals surface area contributed by atoms with Crippen molar-refractivity contribution in [2.45, 2.75) is 26.3 Å². The van der Waals surface area contributed by atoms with E-state index >= 15 is 0 Å². The van der Waals surface area contributed by atoms with Crippen LogP contribution in [0.15, 0.2) is 35.5 Å². The van der Waals surface area contributed by atoms with Gasteiger partial charge in [0.1, 0.15) is 0 Å². The van der Waals surface area contributed by atoms with Crippen molar-refractivity contribution in [2.75, 3.05) is 6.61 Å². The first-order chi connectivity index (χ1) is 10.0. The van der Waals surface area contributed by atoms with Crippen LogP contribution in [0.25, 0.3) is 0 Å². The van der Waals surface area contributed by atoms with E-state index in [2.05, 4.69) is 10.6 Å². The molecule has 0 spiro atoms. The molecule has 1 atom stereocenters. The first kappa shape index (κ1) is 15.4. The summed E-state index contributed by atoms with van der Waals surface area (Å²) >= 11 is 5.99. The number of ether oxygens (including phenoxy) is 1. The largest absolute Gasteiger partial charge is 0.462 e. The van der Waals surface area contributed by atoms with E-state index in [1.54, 1.807) is 25.1 Å². The van der Waals surface area contributed by atoms with Crippen molar-refractivity contribution in [3.05, 3.63) is 46.1 Å². The molecule has 0 saturated carbocycles. The Morgan fingerprint density at radius 2 is 2.19 bits per heavy atom. The predicted octanol–water partition coefficient (Wildman–Crippen LogP) is 2.92. The molecule has 21 heavy (non-hydrogen) atoms. The van der Waals surface area contributed by atoms with Gasteiger partial charge in [-0.25, -0.2) is 9.59 Å². The van der Waals surface area contributed by atoms with Crippen molar-refractivity contribution in [3.8, 4) is 0 Å². The number of rotatable bonds is 4. The van der Waals surface area contributed by atoms with Crippen LogP contribution in [-0.2, 0) is 9.53 Å². The highest BCUT2D eigenvalue weighted by Gasteiger charge is 2.32. The Kier molecular flexibility index (Phi) is 4.85. The van der Waals surface area contributed by atoms with E-state index in [1.165, 1.54) is 0 Å². The number of halogens is 1. The number of allylic oxidation sites excluding steroid dienone is 1. The smallest absolute Gasteiger partial charge is 0.338 e. The van der Waals surface area contributed by atoms with Crippen LogP contribution in [0.5, 0.6) is 0 Å². The van der Waals surface area contributed by atoms with Crippen molar-refractivity contribution in [3.63, 3.8) is 0 Å². The molecule has 6 heteroatoms. The Hall–Kier alpha value is -2.01. The number of benzene rings is 1. The topological polar surface area (TPSA) is 67.4 Å². The summed E-state index contributed by atoms with van der Waals surface area (Å²) in [6.07, 6.45) is 0.736. The zero-order chi connectivity index (χ0) is 15.4. The quantitative estimate of drug-likeness (QED) is 0.840. The molecule has 5 nitrogen and oxygen atoms in total. The Morgan fingerprint density at radius 3 is 2.86 bits per heavy atom. The average Bonchev–Trinajstić information content (AvgIpc) is 2.44. The fourth-order valence-corrected chi connectivity index (χ4v) is 2.37. The van der Waals surface area contributed by atoms with Crippen molar-refractivity contribution in [2.24, 2.45) is 0 Å². The molecule has 1 aromatic rings. The fraction of sp³-hybridized carbons (Fsp3) is 0.333. The van der Waals surface area contributed by atoms with Gasteiger partial charge in [-0.3, -0.25) is 0 Å². The van der Waals surface area contributed by atoms with Gasteiger partial charge in [-0.05, 0) is 31.0 Å². The van der Waals surface area contributed by atoms with Crippen LogP contribution in [0.1, 0.15) is 31.9 Å². The third-order valence-electron chi connectivity index (χ3n) is 3.11. The highest BCUT2D eigenvalue weighted by atomic mass is 35.5. The Balaban J connectivity index is 2.38. The van der Waals surface area contributed by atoms with Crippen molar-refractivity contribution in [1.29, 1.82) is 0 Å². The van der Waals surface area contributed by atoms with E-state index in [9.17, 15) is 9.59 Å². The lowest BCUT2D eigenvalue weighted by molar-refractivity contribution is -0.139. The third-order valence-corrected chi connectivity index (χ3v) is 3.34. The van der Waals surface area contributed by atoms with Gasteiger partial charge in [0, 0.05) is 10.7 Å². The number of carbonyl (C=O) groups excluding carboxylic acids is 2. The lowest BCUT2D eigenvalue weighted by Crippen LogP contribution is -2.45. The van der Waals surface area contributed by atoms with Crippen LogP contribution < -0.4 is 10.6 Å². The minimum Gasteiger partial charge on any atom is -0.462 e. The second kappa shape index (κ2) is 6.63. The average molecular weight is 309 g/mol. The molecule has 2 N–H and O–H groups in total. The molecular weight excluding hydrogens is 292 g/mol.